The van der Waals surface area contributed by atoms with Gasteiger partial charge in [0.25, 0.3) is 0 Å². The molecule has 3 rings (SSSR count). The molecule has 2 heterocycles. The van der Waals surface area contributed by atoms with Gasteiger partial charge in [-0.05, 0) is 37.2 Å². The lowest BCUT2D eigenvalue weighted by Gasteiger charge is -2.30. The van der Waals surface area contributed by atoms with Gasteiger partial charge in [0.2, 0.25) is 0 Å². The Labute approximate surface area is 143 Å². The average molecular weight is 336 g/mol. The molecule has 0 aliphatic carbocycles. The lowest BCUT2D eigenvalue weighted by atomic mass is 10.1. The number of β-amino-alcohol motifs (C(OH)–C–C–N with tert-alkyl or cyclic N) is 1. The van der Waals surface area contributed by atoms with E-state index in [4.69, 9.17) is 14.2 Å². The number of ether oxygens (including phenoxy) is 3. The van der Waals surface area contributed by atoms with Crippen LogP contribution < -0.4 is 9.47 Å². The predicted octanol–water partition coefficient (Wildman–Crippen LogP) is 0.973. The van der Waals surface area contributed by atoms with E-state index in [9.17, 15) is 5.11 Å². The summed E-state index contributed by atoms with van der Waals surface area (Å²) in [5.74, 6) is 1.41. The molecule has 0 spiro atoms. The minimum atomic E-state index is -0.520. The van der Waals surface area contributed by atoms with E-state index in [1.807, 2.05) is 12.1 Å². The van der Waals surface area contributed by atoms with Crippen LogP contribution in [-0.4, -0.2) is 80.7 Å². The Bertz CT molecular complexity index is 516. The molecular weight excluding hydrogens is 308 g/mol. The van der Waals surface area contributed by atoms with Crippen molar-refractivity contribution in [1.82, 2.24) is 9.80 Å². The van der Waals surface area contributed by atoms with Crippen molar-refractivity contribution in [3.8, 4) is 11.5 Å². The molecule has 1 N–H and O–H groups in total. The third-order valence-corrected chi connectivity index (χ3v) is 4.59. The van der Waals surface area contributed by atoms with Crippen LogP contribution in [0.25, 0.3) is 0 Å². The van der Waals surface area contributed by atoms with Crippen LogP contribution in [0, 0.1) is 0 Å². The normalized spacial score (nSPS) is 20.4. The topological polar surface area (TPSA) is 54.4 Å². The monoisotopic (exact) mass is 336 g/mol. The van der Waals surface area contributed by atoms with Crippen LogP contribution in [0.3, 0.4) is 0 Å². The van der Waals surface area contributed by atoms with Gasteiger partial charge < -0.3 is 19.3 Å². The van der Waals surface area contributed by atoms with E-state index in [1.54, 1.807) is 7.11 Å². The summed E-state index contributed by atoms with van der Waals surface area (Å²) >= 11 is 0. The molecule has 0 amide bonds. The van der Waals surface area contributed by atoms with Crippen LogP contribution in [-0.2, 0) is 11.3 Å². The van der Waals surface area contributed by atoms with Gasteiger partial charge in [-0.25, -0.2) is 0 Å². The van der Waals surface area contributed by atoms with Gasteiger partial charge in [-0.2, -0.15) is 0 Å². The second-order valence-corrected chi connectivity index (χ2v) is 6.49. The Morgan fingerprint density at radius 1 is 1.12 bits per heavy atom. The minimum Gasteiger partial charge on any atom is -0.493 e. The summed E-state index contributed by atoms with van der Waals surface area (Å²) < 4.78 is 16.6. The van der Waals surface area contributed by atoms with Crippen LogP contribution in [0.2, 0.25) is 0 Å². The number of benzene rings is 1. The number of likely N-dealkylation sites (tertiary alicyclic amines) is 1. The molecule has 6 heteroatoms. The maximum atomic E-state index is 10.2. The molecule has 0 aromatic heterocycles. The van der Waals surface area contributed by atoms with E-state index in [0.717, 1.165) is 38.6 Å². The molecular formula is C18H28N2O4. The zero-order valence-corrected chi connectivity index (χ0v) is 14.4. The summed E-state index contributed by atoms with van der Waals surface area (Å²) in [7, 11) is 1.65. The molecule has 0 bridgehead atoms. The molecule has 0 radical (unpaired) electrons. The smallest absolute Gasteiger partial charge is 0.161 e. The molecule has 2 aliphatic heterocycles. The van der Waals surface area contributed by atoms with Crippen molar-refractivity contribution in [3.63, 3.8) is 0 Å². The molecule has 1 atom stereocenters. The Kier molecular flexibility index (Phi) is 6.31. The highest BCUT2D eigenvalue weighted by Gasteiger charge is 2.17. The van der Waals surface area contributed by atoms with Crippen LogP contribution in [0.4, 0.5) is 0 Å². The van der Waals surface area contributed by atoms with Crippen molar-refractivity contribution in [2.45, 2.75) is 19.1 Å². The third kappa shape index (κ3) is 4.83. The van der Waals surface area contributed by atoms with Crippen LogP contribution in [0.1, 0.15) is 12.0 Å². The number of methoxy groups -OCH3 is 1. The second-order valence-electron chi connectivity index (χ2n) is 6.49. The standard InChI is InChI=1S/C18H28N2O4/c1-22-18-11-15(12-19-5-2-6-19)3-4-17(18)24-14-16(21)13-20-7-9-23-10-8-20/h3-4,11,16,21H,2,5-10,12-14H2,1H3/t16-/m1/s1. The summed E-state index contributed by atoms with van der Waals surface area (Å²) in [6, 6.07) is 6.04. The maximum Gasteiger partial charge on any atom is 0.161 e. The Hall–Kier alpha value is -1.34. The van der Waals surface area contributed by atoms with Crippen molar-refractivity contribution < 1.29 is 19.3 Å². The van der Waals surface area contributed by atoms with Crippen LogP contribution >= 0.6 is 0 Å². The number of aliphatic hydroxyl groups excluding tert-OH is 1. The van der Waals surface area contributed by atoms with Gasteiger partial charge in [-0.3, -0.25) is 9.80 Å². The largest absolute Gasteiger partial charge is 0.493 e. The van der Waals surface area contributed by atoms with Gasteiger partial charge in [0.1, 0.15) is 12.7 Å². The molecule has 2 aliphatic rings. The first kappa shape index (κ1) is 17.5. The SMILES string of the molecule is COc1cc(CN2CCC2)ccc1OC[C@H](O)CN1CCOCC1. The molecule has 6 nitrogen and oxygen atoms in total. The van der Waals surface area contributed by atoms with Crippen molar-refractivity contribution in [1.29, 1.82) is 0 Å². The first-order chi connectivity index (χ1) is 11.7. The third-order valence-electron chi connectivity index (χ3n) is 4.59. The van der Waals surface area contributed by atoms with E-state index < -0.39 is 6.10 Å². The van der Waals surface area contributed by atoms with E-state index in [1.165, 1.54) is 25.1 Å². The van der Waals surface area contributed by atoms with Crippen LogP contribution in [0.15, 0.2) is 18.2 Å². The summed E-state index contributed by atoms with van der Waals surface area (Å²) in [6.07, 6.45) is 0.771. The van der Waals surface area contributed by atoms with E-state index in [0.29, 0.717) is 12.3 Å². The lowest BCUT2D eigenvalue weighted by Crippen LogP contribution is -2.42. The molecule has 2 fully saturated rings. The van der Waals surface area contributed by atoms with Crippen molar-refractivity contribution >= 4 is 0 Å². The number of rotatable bonds is 8. The fourth-order valence-electron chi connectivity index (χ4n) is 3.05. The molecule has 0 saturated carbocycles. The Morgan fingerprint density at radius 2 is 1.92 bits per heavy atom. The zero-order chi connectivity index (χ0) is 16.8. The molecule has 24 heavy (non-hydrogen) atoms. The zero-order valence-electron chi connectivity index (χ0n) is 14.4. The number of morpholine rings is 1. The highest BCUT2D eigenvalue weighted by molar-refractivity contribution is 5.43. The number of hydrogen-bond acceptors (Lipinski definition) is 6. The average Bonchev–Trinajstić information content (AvgIpc) is 2.57. The predicted molar refractivity (Wildman–Crippen MR) is 91.6 cm³/mol. The molecule has 2 saturated heterocycles. The molecule has 1 aromatic carbocycles. The van der Waals surface area contributed by atoms with Crippen LogP contribution in [0.5, 0.6) is 11.5 Å². The number of aliphatic hydroxyl groups is 1. The van der Waals surface area contributed by atoms with Crippen molar-refractivity contribution in [2.24, 2.45) is 0 Å². The molecule has 1 aromatic rings. The van der Waals surface area contributed by atoms with Crippen molar-refractivity contribution in [2.75, 3.05) is 59.7 Å². The van der Waals surface area contributed by atoms with Crippen molar-refractivity contribution in [3.05, 3.63) is 23.8 Å². The van der Waals surface area contributed by atoms with E-state index >= 15 is 0 Å². The minimum absolute atomic E-state index is 0.263. The summed E-state index contributed by atoms with van der Waals surface area (Å²) in [6.45, 7) is 7.38. The Morgan fingerprint density at radius 3 is 2.58 bits per heavy atom. The summed E-state index contributed by atoms with van der Waals surface area (Å²) in [5, 5.41) is 10.2. The maximum absolute atomic E-state index is 10.2. The van der Waals surface area contributed by atoms with Gasteiger partial charge >= 0.3 is 0 Å². The lowest BCUT2D eigenvalue weighted by molar-refractivity contribution is 0.00445. The van der Waals surface area contributed by atoms with Gasteiger partial charge in [-0.1, -0.05) is 6.07 Å². The fraction of sp³-hybridized carbons (Fsp3) is 0.667. The molecule has 0 unspecified atom stereocenters. The first-order valence-corrected chi connectivity index (χ1v) is 8.75. The summed E-state index contributed by atoms with van der Waals surface area (Å²) in [5.41, 5.74) is 1.23. The number of hydrogen-bond donors (Lipinski definition) is 1. The van der Waals surface area contributed by atoms with Gasteiger partial charge in [-0.15, -0.1) is 0 Å². The number of nitrogens with zero attached hydrogens (tertiary/aromatic N) is 2. The fourth-order valence-corrected chi connectivity index (χ4v) is 3.05. The summed E-state index contributed by atoms with van der Waals surface area (Å²) in [4.78, 5) is 4.60. The van der Waals surface area contributed by atoms with Gasteiger partial charge in [0.05, 0.1) is 20.3 Å². The highest BCUT2D eigenvalue weighted by Crippen LogP contribution is 2.29. The second kappa shape index (κ2) is 8.67. The quantitative estimate of drug-likeness (QED) is 0.764. The van der Waals surface area contributed by atoms with E-state index in [2.05, 4.69) is 15.9 Å². The highest BCUT2D eigenvalue weighted by atomic mass is 16.5. The van der Waals surface area contributed by atoms with Gasteiger partial charge in [0.15, 0.2) is 11.5 Å². The molecule has 134 valence electrons. The Balaban J connectivity index is 1.49. The van der Waals surface area contributed by atoms with Gasteiger partial charge in [0, 0.05) is 26.2 Å². The van der Waals surface area contributed by atoms with E-state index in [-0.39, 0.29) is 6.61 Å². The first-order valence-electron chi connectivity index (χ1n) is 8.75.